The third-order valence-corrected chi connectivity index (χ3v) is 4.65. The average Bonchev–Trinajstić information content (AvgIpc) is 3.15. The van der Waals surface area contributed by atoms with Crippen molar-refractivity contribution in [2.24, 2.45) is 7.05 Å². The highest BCUT2D eigenvalue weighted by atomic mass is 16.4. The quantitative estimate of drug-likeness (QED) is 0.725. The summed E-state index contributed by atoms with van der Waals surface area (Å²) in [5.74, 6) is 2.02. The van der Waals surface area contributed by atoms with Crippen LogP contribution in [0.4, 0.5) is 0 Å². The van der Waals surface area contributed by atoms with E-state index in [4.69, 9.17) is 4.42 Å². The van der Waals surface area contributed by atoms with E-state index in [1.165, 1.54) is 0 Å². The molecule has 5 heteroatoms. The molecule has 0 N–H and O–H groups in total. The second-order valence-corrected chi connectivity index (χ2v) is 6.72. The Kier molecular flexibility index (Phi) is 3.44. The largest absolute Gasteiger partial charge is 0.445 e. The fourth-order valence-electron chi connectivity index (χ4n) is 3.32. The summed E-state index contributed by atoms with van der Waals surface area (Å²) in [6.45, 7) is 5.32. The van der Waals surface area contributed by atoms with E-state index in [9.17, 15) is 4.79 Å². The minimum Gasteiger partial charge on any atom is -0.445 e. The fraction of sp³-hybridized carbons (Fsp3) is 0.368. The Labute approximate surface area is 140 Å². The molecule has 124 valence electrons. The van der Waals surface area contributed by atoms with Crippen LogP contribution in [0.2, 0.25) is 0 Å². The summed E-state index contributed by atoms with van der Waals surface area (Å²) in [4.78, 5) is 19.5. The van der Waals surface area contributed by atoms with Crippen LogP contribution in [-0.4, -0.2) is 26.9 Å². The maximum atomic E-state index is 13.0. The molecule has 0 aliphatic carbocycles. The number of para-hydroxylation sites is 1. The van der Waals surface area contributed by atoms with Gasteiger partial charge in [-0.15, -0.1) is 0 Å². The van der Waals surface area contributed by atoms with Crippen molar-refractivity contribution in [2.45, 2.75) is 32.7 Å². The van der Waals surface area contributed by atoms with Crippen molar-refractivity contribution in [3.05, 3.63) is 53.4 Å². The van der Waals surface area contributed by atoms with Crippen molar-refractivity contribution in [3.63, 3.8) is 0 Å². The van der Waals surface area contributed by atoms with Crippen molar-refractivity contribution in [1.29, 1.82) is 0 Å². The van der Waals surface area contributed by atoms with Crippen molar-refractivity contribution >= 4 is 16.8 Å². The molecule has 2 aromatic heterocycles. The van der Waals surface area contributed by atoms with Crippen LogP contribution in [0.5, 0.6) is 0 Å². The molecule has 1 aliphatic rings. The number of amides is 1. The van der Waals surface area contributed by atoms with Gasteiger partial charge in [-0.1, -0.05) is 32.0 Å². The maximum Gasteiger partial charge on any atom is 0.256 e. The average molecular weight is 323 g/mol. The highest BCUT2D eigenvalue weighted by molar-refractivity contribution is 6.07. The van der Waals surface area contributed by atoms with Crippen molar-refractivity contribution < 1.29 is 9.21 Å². The number of hydrogen-bond donors (Lipinski definition) is 0. The molecule has 3 heterocycles. The van der Waals surface area contributed by atoms with Crippen molar-refractivity contribution in [3.8, 4) is 0 Å². The first kappa shape index (κ1) is 15.0. The monoisotopic (exact) mass is 323 g/mol. The summed E-state index contributed by atoms with van der Waals surface area (Å²) in [5.41, 5.74) is 2.73. The molecular weight excluding hydrogens is 302 g/mol. The predicted octanol–water partition coefficient (Wildman–Crippen LogP) is 3.49. The molecular formula is C19H21N3O2. The van der Waals surface area contributed by atoms with E-state index in [1.54, 1.807) is 0 Å². The van der Waals surface area contributed by atoms with E-state index in [0.717, 1.165) is 40.2 Å². The lowest BCUT2D eigenvalue weighted by Gasteiger charge is -2.25. The zero-order valence-electron chi connectivity index (χ0n) is 14.2. The van der Waals surface area contributed by atoms with Crippen LogP contribution in [0.3, 0.4) is 0 Å². The number of aryl methyl sites for hydroxylation is 1. The molecule has 4 rings (SSSR count). The van der Waals surface area contributed by atoms with Crippen LogP contribution in [0.25, 0.3) is 10.9 Å². The first-order valence-electron chi connectivity index (χ1n) is 8.36. The van der Waals surface area contributed by atoms with Gasteiger partial charge >= 0.3 is 0 Å². The number of nitrogens with zero attached hydrogens (tertiary/aromatic N) is 3. The number of rotatable bonds is 2. The molecule has 0 fully saturated rings. The van der Waals surface area contributed by atoms with Gasteiger partial charge in [0.2, 0.25) is 0 Å². The predicted molar refractivity (Wildman–Crippen MR) is 92.0 cm³/mol. The van der Waals surface area contributed by atoms with E-state index in [2.05, 4.69) is 18.8 Å². The minimum absolute atomic E-state index is 0.0616. The van der Waals surface area contributed by atoms with Gasteiger partial charge < -0.3 is 13.9 Å². The number of fused-ring (bicyclic) bond motifs is 2. The smallest absolute Gasteiger partial charge is 0.256 e. The summed E-state index contributed by atoms with van der Waals surface area (Å²) in [5, 5.41) is 0.999. The van der Waals surface area contributed by atoms with Gasteiger partial charge in [-0.25, -0.2) is 4.98 Å². The molecule has 0 bridgehead atoms. The lowest BCUT2D eigenvalue weighted by Crippen LogP contribution is -2.35. The molecule has 3 aromatic rings. The lowest BCUT2D eigenvalue weighted by atomic mass is 10.1. The highest BCUT2D eigenvalue weighted by Gasteiger charge is 2.28. The van der Waals surface area contributed by atoms with Gasteiger partial charge in [-0.2, -0.15) is 0 Å². The third kappa shape index (κ3) is 2.31. The molecule has 0 saturated carbocycles. The number of oxazole rings is 1. The summed E-state index contributed by atoms with van der Waals surface area (Å²) in [6, 6.07) is 8.00. The number of aromatic nitrogens is 2. The van der Waals surface area contributed by atoms with Gasteiger partial charge in [0.1, 0.15) is 11.5 Å². The van der Waals surface area contributed by atoms with Gasteiger partial charge in [-0.3, -0.25) is 4.79 Å². The van der Waals surface area contributed by atoms with E-state index in [-0.39, 0.29) is 11.8 Å². The van der Waals surface area contributed by atoms with Gasteiger partial charge in [0.05, 0.1) is 12.1 Å². The number of benzene rings is 1. The highest BCUT2D eigenvalue weighted by Crippen LogP contribution is 2.27. The normalized spacial score (nSPS) is 14.4. The molecule has 24 heavy (non-hydrogen) atoms. The van der Waals surface area contributed by atoms with Gasteiger partial charge in [0, 0.05) is 43.0 Å². The number of hydrogen-bond acceptors (Lipinski definition) is 3. The Bertz CT molecular complexity index is 920. The molecule has 1 amide bonds. The van der Waals surface area contributed by atoms with E-state index in [0.29, 0.717) is 13.1 Å². The summed E-state index contributed by atoms with van der Waals surface area (Å²) in [7, 11) is 1.97. The third-order valence-electron chi connectivity index (χ3n) is 4.65. The summed E-state index contributed by atoms with van der Waals surface area (Å²) < 4.78 is 7.83. The SMILES string of the molecule is CC(C)c1nc2c(o1)CCN(C(=O)c1cn(C)c3ccccc13)C2. The first-order valence-corrected chi connectivity index (χ1v) is 8.36. The zero-order valence-corrected chi connectivity index (χ0v) is 14.2. The lowest BCUT2D eigenvalue weighted by molar-refractivity contribution is 0.0729. The van der Waals surface area contributed by atoms with Gasteiger partial charge in [-0.05, 0) is 6.07 Å². The zero-order chi connectivity index (χ0) is 16.8. The number of carbonyl (C=O) groups excluding carboxylic acids is 1. The molecule has 0 spiro atoms. The summed E-state index contributed by atoms with van der Waals surface area (Å²) in [6.07, 6.45) is 2.65. The van der Waals surface area contributed by atoms with Crippen LogP contribution in [-0.2, 0) is 20.0 Å². The van der Waals surface area contributed by atoms with Gasteiger partial charge in [0.25, 0.3) is 5.91 Å². The van der Waals surface area contributed by atoms with Crippen molar-refractivity contribution in [2.75, 3.05) is 6.54 Å². The van der Waals surface area contributed by atoms with E-state index in [1.807, 2.05) is 47.0 Å². The molecule has 0 unspecified atom stereocenters. The second-order valence-electron chi connectivity index (χ2n) is 6.72. The second kappa shape index (κ2) is 5.51. The number of carbonyl (C=O) groups is 1. The van der Waals surface area contributed by atoms with E-state index < -0.39 is 0 Å². The fourth-order valence-corrected chi connectivity index (χ4v) is 3.32. The van der Waals surface area contributed by atoms with Crippen LogP contribution in [0, 0.1) is 0 Å². The molecule has 1 aliphatic heterocycles. The molecule has 0 radical (unpaired) electrons. The van der Waals surface area contributed by atoms with E-state index >= 15 is 0 Å². The maximum absolute atomic E-state index is 13.0. The Morgan fingerprint density at radius 3 is 2.88 bits per heavy atom. The Morgan fingerprint density at radius 2 is 2.08 bits per heavy atom. The topological polar surface area (TPSA) is 51.3 Å². The molecule has 0 saturated heterocycles. The Balaban J connectivity index is 1.65. The molecule has 1 aromatic carbocycles. The van der Waals surface area contributed by atoms with Crippen LogP contribution >= 0.6 is 0 Å². The molecule has 0 atom stereocenters. The standard InChI is InChI=1S/C19H21N3O2/c1-12(2)18-20-15-11-22(9-8-17(15)24-18)19(23)14-10-21(3)16-7-5-4-6-13(14)16/h4-7,10,12H,8-9,11H2,1-3H3. The van der Waals surface area contributed by atoms with Crippen LogP contribution in [0.15, 0.2) is 34.9 Å². The van der Waals surface area contributed by atoms with Crippen LogP contribution < -0.4 is 0 Å². The minimum atomic E-state index is 0.0616. The van der Waals surface area contributed by atoms with Crippen molar-refractivity contribution in [1.82, 2.24) is 14.5 Å². The Morgan fingerprint density at radius 1 is 1.29 bits per heavy atom. The summed E-state index contributed by atoms with van der Waals surface area (Å²) >= 11 is 0. The molecule has 5 nitrogen and oxygen atoms in total. The van der Waals surface area contributed by atoms with Crippen LogP contribution in [0.1, 0.15) is 47.5 Å². The van der Waals surface area contributed by atoms with Gasteiger partial charge in [0.15, 0.2) is 5.89 Å². The Hall–Kier alpha value is -2.56. The first-order chi connectivity index (χ1) is 11.5.